The van der Waals surface area contributed by atoms with Crippen LogP contribution in [-0.2, 0) is 0 Å². The monoisotopic (exact) mass is 225 g/mol. The lowest BCUT2D eigenvalue weighted by molar-refractivity contribution is 0.0730. The second-order valence-corrected chi connectivity index (χ2v) is 5.55. The molecule has 1 saturated heterocycles. The van der Waals surface area contributed by atoms with Crippen LogP contribution in [0.3, 0.4) is 0 Å². The Kier molecular flexibility index (Phi) is 4.22. The molecular formula is C13H27N3. The fraction of sp³-hybridized carbons (Fsp3) is 1.00. The summed E-state index contributed by atoms with van der Waals surface area (Å²) in [5, 5.41) is 3.60. The Bertz CT molecular complexity index is 219. The van der Waals surface area contributed by atoms with Gasteiger partial charge in [0.1, 0.15) is 0 Å². The van der Waals surface area contributed by atoms with Crippen molar-refractivity contribution in [3.63, 3.8) is 0 Å². The Balaban J connectivity index is 1.81. The first-order chi connectivity index (χ1) is 7.70. The number of likely N-dealkylation sites (N-methyl/N-ethyl adjacent to an activating group) is 1. The maximum absolute atomic E-state index is 3.60. The Morgan fingerprint density at radius 1 is 1.25 bits per heavy atom. The Hall–Kier alpha value is -0.120. The van der Waals surface area contributed by atoms with Gasteiger partial charge in [-0.3, -0.25) is 4.90 Å². The highest BCUT2D eigenvalue weighted by molar-refractivity contribution is 4.89. The van der Waals surface area contributed by atoms with Crippen molar-refractivity contribution < 1.29 is 0 Å². The Labute approximate surface area is 100 Å². The molecule has 1 aliphatic carbocycles. The molecule has 3 nitrogen and oxygen atoms in total. The number of piperazine rings is 1. The van der Waals surface area contributed by atoms with Crippen LogP contribution in [0.4, 0.5) is 0 Å². The van der Waals surface area contributed by atoms with Gasteiger partial charge in [0.2, 0.25) is 0 Å². The van der Waals surface area contributed by atoms with Crippen molar-refractivity contribution in [3.05, 3.63) is 0 Å². The molecule has 2 aliphatic rings. The maximum Gasteiger partial charge on any atom is 0.0192 e. The van der Waals surface area contributed by atoms with Crippen LogP contribution >= 0.6 is 0 Å². The zero-order chi connectivity index (χ0) is 11.5. The van der Waals surface area contributed by atoms with Crippen LogP contribution in [0, 0.1) is 0 Å². The molecule has 16 heavy (non-hydrogen) atoms. The number of nitrogens with one attached hydrogen (secondary N) is 1. The minimum Gasteiger partial charge on any atom is -0.314 e. The average molecular weight is 225 g/mol. The summed E-state index contributed by atoms with van der Waals surface area (Å²) >= 11 is 0. The zero-order valence-corrected chi connectivity index (χ0v) is 11.1. The summed E-state index contributed by atoms with van der Waals surface area (Å²) in [6.45, 7) is 9.46. The lowest BCUT2D eigenvalue weighted by atomic mass is 10.1. The minimum atomic E-state index is 0.729. The predicted octanol–water partition coefficient (Wildman–Crippen LogP) is 1.15. The topological polar surface area (TPSA) is 18.5 Å². The number of hydrogen-bond donors (Lipinski definition) is 1. The van der Waals surface area contributed by atoms with E-state index in [9.17, 15) is 0 Å². The van der Waals surface area contributed by atoms with Gasteiger partial charge in [-0.05, 0) is 39.8 Å². The van der Waals surface area contributed by atoms with E-state index >= 15 is 0 Å². The van der Waals surface area contributed by atoms with E-state index in [1.807, 2.05) is 0 Å². The average Bonchev–Trinajstić information content (AvgIpc) is 2.71. The van der Waals surface area contributed by atoms with Gasteiger partial charge < -0.3 is 10.2 Å². The van der Waals surface area contributed by atoms with Crippen LogP contribution in [0.2, 0.25) is 0 Å². The summed E-state index contributed by atoms with van der Waals surface area (Å²) in [7, 11) is 2.25. The minimum absolute atomic E-state index is 0.729. The molecular weight excluding hydrogens is 198 g/mol. The van der Waals surface area contributed by atoms with Crippen LogP contribution in [0.1, 0.15) is 33.1 Å². The fourth-order valence-electron chi connectivity index (χ4n) is 3.17. The molecule has 2 fully saturated rings. The number of rotatable bonds is 3. The fourth-order valence-corrected chi connectivity index (χ4v) is 3.17. The first-order valence-corrected chi connectivity index (χ1v) is 6.88. The molecule has 1 saturated carbocycles. The third-order valence-corrected chi connectivity index (χ3v) is 4.41. The molecule has 1 aliphatic heterocycles. The number of hydrogen-bond acceptors (Lipinski definition) is 3. The molecule has 3 heteroatoms. The van der Waals surface area contributed by atoms with Crippen molar-refractivity contribution in [2.45, 2.75) is 51.2 Å². The smallest absolute Gasteiger partial charge is 0.0192 e. The van der Waals surface area contributed by atoms with Gasteiger partial charge in [0.25, 0.3) is 0 Å². The second-order valence-electron chi connectivity index (χ2n) is 5.55. The van der Waals surface area contributed by atoms with Crippen LogP contribution in [0.5, 0.6) is 0 Å². The highest BCUT2D eigenvalue weighted by atomic mass is 15.3. The van der Waals surface area contributed by atoms with Gasteiger partial charge in [0.05, 0.1) is 0 Å². The van der Waals surface area contributed by atoms with E-state index in [0.717, 1.165) is 24.7 Å². The van der Waals surface area contributed by atoms with Crippen LogP contribution in [0.15, 0.2) is 0 Å². The molecule has 1 N–H and O–H groups in total. The molecule has 3 atom stereocenters. The molecule has 94 valence electrons. The largest absolute Gasteiger partial charge is 0.314 e. The molecule has 1 heterocycles. The van der Waals surface area contributed by atoms with Gasteiger partial charge in [0.15, 0.2) is 0 Å². The van der Waals surface area contributed by atoms with E-state index in [-0.39, 0.29) is 0 Å². The van der Waals surface area contributed by atoms with Gasteiger partial charge >= 0.3 is 0 Å². The molecule has 0 amide bonds. The lowest BCUT2D eigenvalue weighted by Gasteiger charge is -2.40. The zero-order valence-electron chi connectivity index (χ0n) is 11.1. The highest BCUT2D eigenvalue weighted by Gasteiger charge is 2.31. The summed E-state index contributed by atoms with van der Waals surface area (Å²) in [6.07, 6.45) is 4.14. The van der Waals surface area contributed by atoms with Crippen molar-refractivity contribution in [2.24, 2.45) is 0 Å². The van der Waals surface area contributed by atoms with Gasteiger partial charge in [-0.2, -0.15) is 0 Å². The van der Waals surface area contributed by atoms with E-state index in [4.69, 9.17) is 0 Å². The van der Waals surface area contributed by atoms with Crippen molar-refractivity contribution in [2.75, 3.05) is 33.2 Å². The normalized spacial score (nSPS) is 38.1. The summed E-state index contributed by atoms with van der Waals surface area (Å²) in [6, 6.07) is 2.36. The maximum atomic E-state index is 3.60. The molecule has 0 aromatic heterocycles. The summed E-state index contributed by atoms with van der Waals surface area (Å²) in [5.74, 6) is 0. The predicted molar refractivity (Wildman–Crippen MR) is 68.8 cm³/mol. The van der Waals surface area contributed by atoms with Crippen LogP contribution in [0.25, 0.3) is 0 Å². The van der Waals surface area contributed by atoms with Gasteiger partial charge in [0, 0.05) is 37.8 Å². The lowest BCUT2D eigenvalue weighted by Crippen LogP contribution is -2.53. The quantitative estimate of drug-likeness (QED) is 0.777. The molecule has 0 spiro atoms. The molecule has 0 bridgehead atoms. The summed E-state index contributed by atoms with van der Waals surface area (Å²) in [4.78, 5) is 5.20. The van der Waals surface area contributed by atoms with Crippen LogP contribution in [-0.4, -0.2) is 61.2 Å². The van der Waals surface area contributed by atoms with E-state index in [2.05, 4.69) is 36.0 Å². The summed E-state index contributed by atoms with van der Waals surface area (Å²) < 4.78 is 0. The van der Waals surface area contributed by atoms with E-state index in [1.54, 1.807) is 0 Å². The van der Waals surface area contributed by atoms with E-state index in [0.29, 0.717) is 0 Å². The van der Waals surface area contributed by atoms with Crippen molar-refractivity contribution in [3.8, 4) is 0 Å². The molecule has 2 rings (SSSR count). The van der Waals surface area contributed by atoms with Crippen molar-refractivity contribution >= 4 is 0 Å². The first kappa shape index (κ1) is 12.3. The van der Waals surface area contributed by atoms with Gasteiger partial charge in [-0.1, -0.05) is 6.92 Å². The third-order valence-electron chi connectivity index (χ3n) is 4.41. The van der Waals surface area contributed by atoms with Gasteiger partial charge in [-0.25, -0.2) is 0 Å². The van der Waals surface area contributed by atoms with Crippen LogP contribution < -0.4 is 5.32 Å². The van der Waals surface area contributed by atoms with Crippen molar-refractivity contribution in [1.29, 1.82) is 0 Å². The summed E-state index contributed by atoms with van der Waals surface area (Å²) in [5.41, 5.74) is 0. The first-order valence-electron chi connectivity index (χ1n) is 6.88. The second kappa shape index (κ2) is 5.48. The molecule has 3 unspecified atom stereocenters. The van der Waals surface area contributed by atoms with E-state index in [1.165, 1.54) is 38.9 Å². The third kappa shape index (κ3) is 2.76. The Morgan fingerprint density at radius 2 is 2.06 bits per heavy atom. The molecule has 0 radical (unpaired) electrons. The number of nitrogens with zero attached hydrogens (tertiary/aromatic N) is 2. The Morgan fingerprint density at radius 3 is 2.75 bits per heavy atom. The van der Waals surface area contributed by atoms with E-state index < -0.39 is 0 Å². The van der Waals surface area contributed by atoms with Gasteiger partial charge in [-0.15, -0.1) is 0 Å². The standard InChI is InChI=1S/C13H27N3/c1-4-14-12-5-6-13(9-12)16-8-7-15(3)11(2)10-16/h11-14H,4-10H2,1-3H3. The molecule has 0 aromatic rings. The SMILES string of the molecule is CCNC1CCC(N2CCN(C)C(C)C2)C1. The highest BCUT2D eigenvalue weighted by Crippen LogP contribution is 2.25. The van der Waals surface area contributed by atoms with Crippen molar-refractivity contribution in [1.82, 2.24) is 15.1 Å². The molecule has 0 aromatic carbocycles.